The molecule has 2 aliphatic rings. The van der Waals surface area contributed by atoms with Crippen LogP contribution in [0.5, 0.6) is 5.75 Å². The molecule has 2 saturated heterocycles. The molecule has 5 rings (SSSR count). The molecule has 0 saturated carbocycles. The van der Waals surface area contributed by atoms with Gasteiger partial charge in [-0.15, -0.1) is 0 Å². The lowest BCUT2D eigenvalue weighted by atomic mass is 9.93. The van der Waals surface area contributed by atoms with Crippen molar-refractivity contribution in [2.75, 3.05) is 23.0 Å². The molecular formula is C28H34N6O4. The van der Waals surface area contributed by atoms with Crippen LogP contribution in [0.3, 0.4) is 0 Å². The third kappa shape index (κ3) is 5.96. The van der Waals surface area contributed by atoms with Crippen LogP contribution in [0.25, 0.3) is 0 Å². The zero-order chi connectivity index (χ0) is 26.9. The van der Waals surface area contributed by atoms with Gasteiger partial charge in [-0.25, -0.2) is 9.78 Å². The highest BCUT2D eigenvalue weighted by Gasteiger charge is 2.39. The van der Waals surface area contributed by atoms with E-state index in [0.29, 0.717) is 46.5 Å². The van der Waals surface area contributed by atoms with Gasteiger partial charge in [0.1, 0.15) is 23.3 Å². The molecule has 0 spiro atoms. The molecule has 0 aliphatic carbocycles. The van der Waals surface area contributed by atoms with Crippen molar-refractivity contribution in [3.05, 3.63) is 60.1 Å². The van der Waals surface area contributed by atoms with E-state index in [-0.39, 0.29) is 17.4 Å². The number of hydrogen-bond acceptors (Lipinski definition) is 7. The van der Waals surface area contributed by atoms with E-state index in [2.05, 4.69) is 38.0 Å². The van der Waals surface area contributed by atoms with Crippen molar-refractivity contribution in [2.45, 2.75) is 70.1 Å². The van der Waals surface area contributed by atoms with Crippen LogP contribution in [0.2, 0.25) is 0 Å². The number of ether oxygens (including phenoxy) is 1. The van der Waals surface area contributed by atoms with Gasteiger partial charge in [0.2, 0.25) is 0 Å². The summed E-state index contributed by atoms with van der Waals surface area (Å²) in [6.07, 6.45) is 6.34. The fraction of sp³-hybridized carbons (Fsp3) is 0.429. The Hall–Kier alpha value is -3.92. The van der Waals surface area contributed by atoms with Crippen molar-refractivity contribution in [2.24, 2.45) is 0 Å². The molecular weight excluding hydrogens is 484 g/mol. The van der Waals surface area contributed by atoms with Gasteiger partial charge < -0.3 is 24.8 Å². The Morgan fingerprint density at radius 3 is 2.21 bits per heavy atom. The van der Waals surface area contributed by atoms with Crippen LogP contribution in [-0.2, 0) is 5.41 Å². The lowest BCUT2D eigenvalue weighted by Crippen LogP contribution is -2.43. The summed E-state index contributed by atoms with van der Waals surface area (Å²) in [7, 11) is 2.21. The molecule has 2 fully saturated rings. The fourth-order valence-electron chi connectivity index (χ4n) is 5.03. The first-order valence-electron chi connectivity index (χ1n) is 13.0. The van der Waals surface area contributed by atoms with Gasteiger partial charge in [0.15, 0.2) is 5.82 Å². The number of anilines is 3. The third-order valence-electron chi connectivity index (χ3n) is 7.22. The number of hydrogen-bond donors (Lipinski definition) is 3. The summed E-state index contributed by atoms with van der Waals surface area (Å²) in [5, 5.41) is 12.1. The maximum atomic E-state index is 12.7. The van der Waals surface area contributed by atoms with E-state index in [1.807, 2.05) is 20.8 Å². The van der Waals surface area contributed by atoms with Crippen LogP contribution < -0.4 is 20.7 Å². The van der Waals surface area contributed by atoms with Crippen LogP contribution in [0, 0.1) is 0 Å². The first kappa shape index (κ1) is 25.7. The maximum absolute atomic E-state index is 12.7. The smallest absolute Gasteiger partial charge is 0.324 e. The minimum atomic E-state index is -0.449. The van der Waals surface area contributed by atoms with Crippen molar-refractivity contribution in [3.8, 4) is 5.75 Å². The molecule has 200 valence electrons. The van der Waals surface area contributed by atoms with Crippen LogP contribution in [0.15, 0.2) is 53.2 Å². The van der Waals surface area contributed by atoms with Gasteiger partial charge in [-0.3, -0.25) is 10.1 Å². The summed E-state index contributed by atoms with van der Waals surface area (Å²) in [5.74, 6) is 1.37. The number of carbonyl (C=O) groups excluding carboxylic acids is 2. The van der Waals surface area contributed by atoms with Gasteiger partial charge in [0.05, 0.1) is 6.20 Å². The Kier molecular flexibility index (Phi) is 7.07. The zero-order valence-corrected chi connectivity index (χ0v) is 22.2. The summed E-state index contributed by atoms with van der Waals surface area (Å²) >= 11 is 0. The molecule has 2 aromatic heterocycles. The number of amides is 3. The van der Waals surface area contributed by atoms with Gasteiger partial charge in [-0.05, 0) is 69.1 Å². The topological polar surface area (TPSA) is 122 Å². The summed E-state index contributed by atoms with van der Waals surface area (Å²) in [4.78, 5) is 31.7. The number of carbonyl (C=O) groups is 2. The van der Waals surface area contributed by atoms with Crippen molar-refractivity contribution < 1.29 is 18.8 Å². The monoisotopic (exact) mass is 518 g/mol. The fourth-order valence-corrected chi connectivity index (χ4v) is 5.03. The minimum absolute atomic E-state index is 0.191. The number of nitrogens with zero attached hydrogens (tertiary/aromatic N) is 3. The van der Waals surface area contributed by atoms with E-state index in [4.69, 9.17) is 9.26 Å². The molecule has 2 bridgehead atoms. The predicted molar refractivity (Wildman–Crippen MR) is 145 cm³/mol. The number of aromatic nitrogens is 2. The Labute approximate surface area is 222 Å². The maximum Gasteiger partial charge on any atom is 0.324 e. The number of urea groups is 1. The van der Waals surface area contributed by atoms with Crippen molar-refractivity contribution in [3.63, 3.8) is 0 Å². The Morgan fingerprint density at radius 1 is 0.974 bits per heavy atom. The number of fused-ring (bicyclic) bond motifs is 2. The van der Waals surface area contributed by atoms with Gasteiger partial charge >= 0.3 is 6.03 Å². The van der Waals surface area contributed by atoms with Crippen LogP contribution >= 0.6 is 0 Å². The predicted octanol–water partition coefficient (Wildman–Crippen LogP) is 5.27. The lowest BCUT2D eigenvalue weighted by Gasteiger charge is -2.36. The van der Waals surface area contributed by atoms with E-state index >= 15 is 0 Å². The van der Waals surface area contributed by atoms with Crippen LogP contribution in [0.4, 0.5) is 22.0 Å². The highest BCUT2D eigenvalue weighted by Crippen LogP contribution is 2.35. The van der Waals surface area contributed by atoms with Gasteiger partial charge in [-0.2, -0.15) is 0 Å². The minimum Gasteiger partial charge on any atom is -0.489 e. The quantitative estimate of drug-likeness (QED) is 0.406. The Bertz CT molecular complexity index is 1270. The third-order valence-corrected chi connectivity index (χ3v) is 7.22. The molecule has 1 unspecified atom stereocenters. The van der Waals surface area contributed by atoms with Crippen LogP contribution in [0.1, 0.15) is 62.7 Å². The average Bonchev–Trinajstić information content (AvgIpc) is 3.41. The number of piperidine rings is 1. The number of benzene rings is 1. The van der Waals surface area contributed by atoms with Gasteiger partial charge in [0.25, 0.3) is 5.91 Å². The number of rotatable bonds is 6. The van der Waals surface area contributed by atoms with Crippen molar-refractivity contribution in [1.29, 1.82) is 0 Å². The highest BCUT2D eigenvalue weighted by molar-refractivity contribution is 6.03. The Balaban J connectivity index is 1.10. The molecule has 3 N–H and O–H groups in total. The summed E-state index contributed by atoms with van der Waals surface area (Å²) in [5.41, 5.74) is 1.23. The standard InChI is InChI=1S/C28H34N6O4/c1-28(2,3)24-15-25(33-38-24)32-27(36)31-18-7-5-17(6-8-18)30-26(35)23-12-11-21(16-29-23)37-22-13-19-9-10-20(14-22)34(19)4/h5-8,11-12,15-16,19-20,22H,9-10,13-14H2,1-4H3,(H,30,35)(H2,31,32,33,36)/t19-,20+,22?. The van der Waals surface area contributed by atoms with E-state index in [1.165, 1.54) is 12.8 Å². The second-order valence-corrected chi connectivity index (χ2v) is 11.1. The number of pyridine rings is 1. The zero-order valence-electron chi connectivity index (χ0n) is 22.2. The molecule has 3 aromatic rings. The van der Waals surface area contributed by atoms with Crippen molar-refractivity contribution >= 4 is 29.1 Å². The van der Waals surface area contributed by atoms with Crippen LogP contribution in [-0.4, -0.2) is 52.2 Å². The number of nitrogens with one attached hydrogen (secondary N) is 3. The Morgan fingerprint density at radius 2 is 1.63 bits per heavy atom. The SMILES string of the molecule is CN1[C@@H]2CC[C@H]1CC(Oc1ccc(C(=O)Nc3ccc(NC(=O)Nc4cc(C(C)(C)C)on4)cc3)nc1)C2. The van der Waals surface area contributed by atoms with E-state index in [9.17, 15) is 9.59 Å². The van der Waals surface area contributed by atoms with Gasteiger partial charge in [0, 0.05) is 34.9 Å². The van der Waals surface area contributed by atoms with E-state index < -0.39 is 6.03 Å². The molecule has 4 heterocycles. The summed E-state index contributed by atoms with van der Waals surface area (Å²) in [6, 6.07) is 12.7. The van der Waals surface area contributed by atoms with Crippen molar-refractivity contribution in [1.82, 2.24) is 15.0 Å². The average molecular weight is 519 g/mol. The summed E-state index contributed by atoms with van der Waals surface area (Å²) in [6.45, 7) is 5.99. The second kappa shape index (κ2) is 10.4. The van der Waals surface area contributed by atoms with E-state index in [0.717, 1.165) is 12.8 Å². The van der Waals surface area contributed by atoms with E-state index in [1.54, 1.807) is 48.7 Å². The molecule has 1 aromatic carbocycles. The normalized spacial score (nSPS) is 21.1. The largest absolute Gasteiger partial charge is 0.489 e. The van der Waals surface area contributed by atoms with Gasteiger partial charge in [-0.1, -0.05) is 25.9 Å². The first-order chi connectivity index (χ1) is 18.1. The second-order valence-electron chi connectivity index (χ2n) is 11.1. The highest BCUT2D eigenvalue weighted by atomic mass is 16.5. The first-order valence-corrected chi connectivity index (χ1v) is 13.0. The summed E-state index contributed by atoms with van der Waals surface area (Å²) < 4.78 is 11.4. The molecule has 38 heavy (non-hydrogen) atoms. The lowest BCUT2D eigenvalue weighted by molar-refractivity contribution is 0.0659. The molecule has 10 heteroatoms. The molecule has 3 atom stereocenters. The molecule has 0 radical (unpaired) electrons. The molecule has 3 amide bonds. The molecule has 2 aliphatic heterocycles. The molecule has 10 nitrogen and oxygen atoms in total.